The number of nitrogens with one attached hydrogen (secondary N) is 1. The van der Waals surface area contributed by atoms with E-state index in [0.29, 0.717) is 18.9 Å². The molecule has 1 rings (SSSR count). The number of rotatable bonds is 9. The van der Waals surface area contributed by atoms with E-state index in [1.54, 1.807) is 20.3 Å². The van der Waals surface area contributed by atoms with Crippen LogP contribution in [-0.4, -0.2) is 33.4 Å². The first-order valence-electron chi connectivity index (χ1n) is 6.90. The maximum Gasteiger partial charge on any atom is 0.123 e. The second kappa shape index (κ2) is 8.89. The summed E-state index contributed by atoms with van der Waals surface area (Å²) in [6.45, 7) is 3.24. The smallest absolute Gasteiger partial charge is 0.123 e. The van der Waals surface area contributed by atoms with Crippen molar-refractivity contribution in [3.63, 3.8) is 0 Å². The number of halogens is 1. The van der Waals surface area contributed by atoms with Crippen molar-refractivity contribution < 1.29 is 13.9 Å². The SMILES string of the molecule is COCC(CCCN)NC(C)c1cc(F)ccc1OC. The third kappa shape index (κ3) is 5.07. The van der Waals surface area contributed by atoms with Gasteiger partial charge in [-0.2, -0.15) is 0 Å². The molecule has 0 heterocycles. The average Bonchev–Trinajstić information content (AvgIpc) is 2.44. The van der Waals surface area contributed by atoms with Gasteiger partial charge in [0.1, 0.15) is 11.6 Å². The fourth-order valence-corrected chi connectivity index (χ4v) is 2.27. The summed E-state index contributed by atoms with van der Waals surface area (Å²) in [6.07, 6.45) is 1.85. The molecule has 0 saturated carbocycles. The Bertz CT molecular complexity index is 401. The summed E-state index contributed by atoms with van der Waals surface area (Å²) in [6, 6.07) is 4.71. The standard InChI is InChI=1S/C15H25FN2O2/c1-11(18-13(10-19-2)5-4-8-17)14-9-12(16)6-7-15(14)20-3/h6-7,9,11,13,18H,4-5,8,10,17H2,1-3H3. The predicted molar refractivity (Wildman–Crippen MR) is 78.5 cm³/mol. The third-order valence-electron chi connectivity index (χ3n) is 3.27. The van der Waals surface area contributed by atoms with Gasteiger partial charge in [-0.05, 0) is 44.5 Å². The fourth-order valence-electron chi connectivity index (χ4n) is 2.27. The Balaban J connectivity index is 2.76. The molecule has 0 aliphatic rings. The molecule has 0 saturated heterocycles. The number of hydrogen-bond donors (Lipinski definition) is 2. The second-order valence-electron chi connectivity index (χ2n) is 4.86. The van der Waals surface area contributed by atoms with E-state index >= 15 is 0 Å². The summed E-state index contributed by atoms with van der Waals surface area (Å²) >= 11 is 0. The van der Waals surface area contributed by atoms with Gasteiger partial charge in [0.05, 0.1) is 13.7 Å². The molecule has 2 unspecified atom stereocenters. The van der Waals surface area contributed by atoms with Crippen molar-refractivity contribution >= 4 is 0 Å². The van der Waals surface area contributed by atoms with Crippen LogP contribution < -0.4 is 15.8 Å². The third-order valence-corrected chi connectivity index (χ3v) is 3.27. The lowest BCUT2D eigenvalue weighted by Crippen LogP contribution is -2.35. The Hall–Kier alpha value is -1.17. The highest BCUT2D eigenvalue weighted by molar-refractivity contribution is 5.36. The van der Waals surface area contributed by atoms with Crippen LogP contribution in [0.3, 0.4) is 0 Å². The Labute approximate surface area is 120 Å². The second-order valence-corrected chi connectivity index (χ2v) is 4.86. The quantitative estimate of drug-likeness (QED) is 0.730. The summed E-state index contributed by atoms with van der Waals surface area (Å²) in [7, 11) is 3.26. The monoisotopic (exact) mass is 284 g/mol. The average molecular weight is 284 g/mol. The molecule has 0 amide bonds. The van der Waals surface area contributed by atoms with Crippen LogP contribution in [0.4, 0.5) is 4.39 Å². The maximum absolute atomic E-state index is 13.4. The Morgan fingerprint density at radius 1 is 1.35 bits per heavy atom. The molecule has 0 fully saturated rings. The highest BCUT2D eigenvalue weighted by Gasteiger charge is 2.17. The van der Waals surface area contributed by atoms with Crippen LogP contribution in [0.2, 0.25) is 0 Å². The summed E-state index contributed by atoms with van der Waals surface area (Å²) in [5.74, 6) is 0.418. The van der Waals surface area contributed by atoms with Crippen molar-refractivity contribution in [1.82, 2.24) is 5.32 Å². The zero-order chi connectivity index (χ0) is 15.0. The zero-order valence-electron chi connectivity index (χ0n) is 12.5. The van der Waals surface area contributed by atoms with Crippen molar-refractivity contribution in [2.24, 2.45) is 5.73 Å². The number of methoxy groups -OCH3 is 2. The summed E-state index contributed by atoms with van der Waals surface area (Å²) in [5.41, 5.74) is 6.35. The van der Waals surface area contributed by atoms with Gasteiger partial charge in [0, 0.05) is 24.8 Å². The Morgan fingerprint density at radius 2 is 2.10 bits per heavy atom. The van der Waals surface area contributed by atoms with Crippen molar-refractivity contribution in [1.29, 1.82) is 0 Å². The lowest BCUT2D eigenvalue weighted by atomic mass is 10.0. The molecule has 1 aromatic rings. The fraction of sp³-hybridized carbons (Fsp3) is 0.600. The summed E-state index contributed by atoms with van der Waals surface area (Å²) in [5, 5.41) is 3.44. The van der Waals surface area contributed by atoms with Crippen LogP contribution in [0.15, 0.2) is 18.2 Å². The van der Waals surface area contributed by atoms with Gasteiger partial charge in [-0.15, -0.1) is 0 Å². The van der Waals surface area contributed by atoms with E-state index in [1.165, 1.54) is 12.1 Å². The van der Waals surface area contributed by atoms with Crippen molar-refractivity contribution in [3.05, 3.63) is 29.6 Å². The zero-order valence-corrected chi connectivity index (χ0v) is 12.5. The van der Waals surface area contributed by atoms with Crippen molar-refractivity contribution in [3.8, 4) is 5.75 Å². The molecule has 0 aromatic heterocycles. The summed E-state index contributed by atoms with van der Waals surface area (Å²) < 4.78 is 23.9. The van der Waals surface area contributed by atoms with Gasteiger partial charge >= 0.3 is 0 Å². The molecule has 0 aliphatic heterocycles. The largest absolute Gasteiger partial charge is 0.496 e. The Morgan fingerprint density at radius 3 is 2.70 bits per heavy atom. The maximum atomic E-state index is 13.4. The van der Waals surface area contributed by atoms with E-state index < -0.39 is 0 Å². The van der Waals surface area contributed by atoms with Gasteiger partial charge < -0.3 is 20.5 Å². The first-order valence-corrected chi connectivity index (χ1v) is 6.90. The molecule has 1 aromatic carbocycles. The molecular weight excluding hydrogens is 259 g/mol. The number of hydrogen-bond acceptors (Lipinski definition) is 4. The van der Waals surface area contributed by atoms with Gasteiger partial charge in [0.25, 0.3) is 0 Å². The van der Waals surface area contributed by atoms with E-state index in [0.717, 1.165) is 18.4 Å². The van der Waals surface area contributed by atoms with Crippen LogP contribution in [0.25, 0.3) is 0 Å². The molecule has 2 atom stereocenters. The number of benzene rings is 1. The van der Waals surface area contributed by atoms with Crippen LogP contribution in [-0.2, 0) is 4.74 Å². The van der Waals surface area contributed by atoms with Gasteiger partial charge in [-0.3, -0.25) is 0 Å². The van der Waals surface area contributed by atoms with E-state index in [4.69, 9.17) is 15.2 Å². The molecule has 4 nitrogen and oxygen atoms in total. The molecule has 0 bridgehead atoms. The van der Waals surface area contributed by atoms with Crippen LogP contribution in [0.5, 0.6) is 5.75 Å². The highest BCUT2D eigenvalue weighted by atomic mass is 19.1. The molecule has 0 aliphatic carbocycles. The normalized spacial score (nSPS) is 14.1. The number of ether oxygens (including phenoxy) is 2. The first kappa shape index (κ1) is 16.9. The first-order chi connectivity index (χ1) is 9.62. The van der Waals surface area contributed by atoms with E-state index in [2.05, 4.69) is 5.32 Å². The van der Waals surface area contributed by atoms with Crippen molar-refractivity contribution in [2.45, 2.75) is 31.8 Å². The van der Waals surface area contributed by atoms with E-state index in [9.17, 15) is 4.39 Å². The number of nitrogens with two attached hydrogens (primary N) is 1. The predicted octanol–water partition coefficient (Wildman–Crippen LogP) is 2.24. The Kier molecular flexibility index (Phi) is 7.51. The van der Waals surface area contributed by atoms with Crippen molar-refractivity contribution in [2.75, 3.05) is 27.4 Å². The minimum absolute atomic E-state index is 0.0291. The highest BCUT2D eigenvalue weighted by Crippen LogP contribution is 2.26. The van der Waals surface area contributed by atoms with E-state index in [1.807, 2.05) is 6.92 Å². The molecule has 5 heteroatoms. The molecule has 3 N–H and O–H groups in total. The molecule has 114 valence electrons. The minimum Gasteiger partial charge on any atom is -0.496 e. The van der Waals surface area contributed by atoms with Gasteiger partial charge in [0.2, 0.25) is 0 Å². The van der Waals surface area contributed by atoms with Crippen LogP contribution in [0.1, 0.15) is 31.4 Å². The molecule has 0 radical (unpaired) electrons. The molecule has 20 heavy (non-hydrogen) atoms. The van der Waals surface area contributed by atoms with Gasteiger partial charge in [-0.1, -0.05) is 0 Å². The van der Waals surface area contributed by atoms with Gasteiger partial charge in [-0.25, -0.2) is 4.39 Å². The molecular formula is C15H25FN2O2. The minimum atomic E-state index is -0.264. The van der Waals surface area contributed by atoms with Crippen LogP contribution >= 0.6 is 0 Å². The summed E-state index contributed by atoms with van der Waals surface area (Å²) in [4.78, 5) is 0. The topological polar surface area (TPSA) is 56.5 Å². The van der Waals surface area contributed by atoms with Gasteiger partial charge in [0.15, 0.2) is 0 Å². The lowest BCUT2D eigenvalue weighted by Gasteiger charge is -2.24. The van der Waals surface area contributed by atoms with E-state index in [-0.39, 0.29) is 17.9 Å². The lowest BCUT2D eigenvalue weighted by molar-refractivity contribution is 0.156. The van der Waals surface area contributed by atoms with Crippen LogP contribution in [0, 0.1) is 5.82 Å². The molecule has 0 spiro atoms.